The monoisotopic (exact) mass is 540 g/mol. The number of carbonyl (C=O) groups excluding carboxylic acids is 1. The third kappa shape index (κ3) is 5.17. The molecule has 0 saturated carbocycles. The van der Waals surface area contributed by atoms with Crippen molar-refractivity contribution in [3.05, 3.63) is 62.9 Å². The van der Waals surface area contributed by atoms with E-state index in [0.29, 0.717) is 31.2 Å². The molecule has 3 nitrogen and oxygen atoms in total. The minimum atomic E-state index is -1.76. The Morgan fingerprint density at radius 3 is 2.55 bits per heavy atom. The second kappa shape index (κ2) is 9.87. The van der Waals surface area contributed by atoms with Crippen LogP contribution in [0.15, 0.2) is 62.8 Å². The summed E-state index contributed by atoms with van der Waals surface area (Å²) in [7, 11) is 0. The maximum atomic E-state index is 15.4. The molecule has 1 amide bonds. The van der Waals surface area contributed by atoms with Gasteiger partial charge in [-0.2, -0.15) is 0 Å². The SMILES string of the molecule is CSC=C1CN(C(=O)C2(F)CCN(Sc3ccc(Br)cc3-c3ccccc3Cl)CC2)C1. The zero-order valence-electron chi connectivity index (χ0n) is 17.1. The Balaban J connectivity index is 1.42. The Kier molecular flexibility index (Phi) is 7.38. The van der Waals surface area contributed by atoms with Crippen LogP contribution in [-0.2, 0) is 4.79 Å². The standard InChI is InChI=1S/C23H23BrClFN2OS2/c1-30-15-16-13-27(14-16)22(29)23(26)8-10-28(11-9-23)31-21-7-6-17(24)12-19(21)18-4-2-3-5-20(18)25/h2-7,12,15H,8-11,13-14H2,1H3. The summed E-state index contributed by atoms with van der Waals surface area (Å²) in [5.74, 6) is -0.351. The van der Waals surface area contributed by atoms with Crippen molar-refractivity contribution in [2.75, 3.05) is 32.4 Å². The summed E-state index contributed by atoms with van der Waals surface area (Å²) >= 11 is 13.2. The van der Waals surface area contributed by atoms with Crippen LogP contribution >= 0.6 is 51.2 Å². The number of rotatable bonds is 5. The van der Waals surface area contributed by atoms with E-state index in [-0.39, 0.29) is 18.7 Å². The number of halogens is 3. The molecule has 0 aliphatic carbocycles. The smallest absolute Gasteiger partial charge is 0.260 e. The van der Waals surface area contributed by atoms with Crippen LogP contribution < -0.4 is 0 Å². The van der Waals surface area contributed by atoms with E-state index in [2.05, 4.69) is 32.4 Å². The Morgan fingerprint density at radius 2 is 1.87 bits per heavy atom. The molecule has 2 heterocycles. The van der Waals surface area contributed by atoms with Crippen molar-refractivity contribution in [3.8, 4) is 11.1 Å². The van der Waals surface area contributed by atoms with Crippen LogP contribution in [0.2, 0.25) is 5.02 Å². The zero-order valence-corrected chi connectivity index (χ0v) is 21.1. The topological polar surface area (TPSA) is 23.6 Å². The molecule has 0 aromatic heterocycles. The number of alkyl halides is 1. The lowest BCUT2D eigenvalue weighted by Gasteiger charge is -2.41. The van der Waals surface area contributed by atoms with Gasteiger partial charge in [-0.1, -0.05) is 45.7 Å². The maximum absolute atomic E-state index is 15.4. The Bertz CT molecular complexity index is 1000. The van der Waals surface area contributed by atoms with Crippen LogP contribution in [0.4, 0.5) is 4.39 Å². The molecule has 2 saturated heterocycles. The highest BCUT2D eigenvalue weighted by atomic mass is 79.9. The number of hydrogen-bond donors (Lipinski definition) is 0. The van der Waals surface area contributed by atoms with Gasteiger partial charge in [0.05, 0.1) is 0 Å². The van der Waals surface area contributed by atoms with E-state index in [4.69, 9.17) is 11.6 Å². The maximum Gasteiger partial charge on any atom is 0.260 e. The number of benzene rings is 2. The van der Waals surface area contributed by atoms with Gasteiger partial charge in [0.1, 0.15) is 0 Å². The molecule has 31 heavy (non-hydrogen) atoms. The Hall–Kier alpha value is -0.990. The summed E-state index contributed by atoms with van der Waals surface area (Å²) in [5.41, 5.74) is 1.44. The molecule has 0 N–H and O–H groups in total. The van der Waals surface area contributed by atoms with Gasteiger partial charge in [-0.3, -0.25) is 4.79 Å². The average molecular weight is 542 g/mol. The molecular weight excluding hydrogens is 519 g/mol. The molecule has 0 bridgehead atoms. The predicted octanol–water partition coefficient (Wildman–Crippen LogP) is 6.67. The predicted molar refractivity (Wildman–Crippen MR) is 133 cm³/mol. The number of piperidine rings is 1. The molecule has 4 rings (SSSR count). The first-order valence-electron chi connectivity index (χ1n) is 10.1. The molecule has 8 heteroatoms. The van der Waals surface area contributed by atoms with E-state index < -0.39 is 5.67 Å². The molecular formula is C23H23BrClFN2OS2. The third-order valence-corrected chi connectivity index (χ3v) is 8.16. The van der Waals surface area contributed by atoms with Gasteiger partial charge in [-0.15, -0.1) is 11.8 Å². The minimum absolute atomic E-state index is 0.217. The van der Waals surface area contributed by atoms with E-state index in [1.165, 1.54) is 5.57 Å². The van der Waals surface area contributed by atoms with Crippen molar-refractivity contribution in [1.29, 1.82) is 0 Å². The summed E-state index contributed by atoms with van der Waals surface area (Å²) < 4.78 is 18.6. The number of carbonyl (C=O) groups is 1. The van der Waals surface area contributed by atoms with E-state index >= 15 is 4.39 Å². The summed E-state index contributed by atoms with van der Waals surface area (Å²) in [6.07, 6.45) is 2.42. The van der Waals surface area contributed by atoms with Crippen LogP contribution in [0.1, 0.15) is 12.8 Å². The normalized spacial score (nSPS) is 18.6. The van der Waals surface area contributed by atoms with Gasteiger partial charge in [0.15, 0.2) is 5.67 Å². The molecule has 2 fully saturated rings. The Labute approximate surface area is 204 Å². The first kappa shape index (κ1) is 23.2. The fourth-order valence-electron chi connectivity index (χ4n) is 3.87. The van der Waals surface area contributed by atoms with Gasteiger partial charge in [0, 0.05) is 59.0 Å². The van der Waals surface area contributed by atoms with Gasteiger partial charge < -0.3 is 4.90 Å². The highest BCUT2D eigenvalue weighted by Gasteiger charge is 2.46. The number of hydrogen-bond acceptors (Lipinski definition) is 4. The molecule has 0 unspecified atom stereocenters. The fraction of sp³-hybridized carbons (Fsp3) is 0.348. The highest BCUT2D eigenvalue weighted by molar-refractivity contribution is 9.10. The van der Waals surface area contributed by atoms with E-state index in [0.717, 1.165) is 20.5 Å². The molecule has 2 aromatic rings. The van der Waals surface area contributed by atoms with Crippen LogP contribution in [0.3, 0.4) is 0 Å². The Morgan fingerprint density at radius 1 is 1.16 bits per heavy atom. The average Bonchev–Trinajstić information content (AvgIpc) is 2.73. The summed E-state index contributed by atoms with van der Waals surface area (Å²) in [6, 6.07) is 13.9. The number of likely N-dealkylation sites (tertiary alicyclic amines) is 1. The van der Waals surface area contributed by atoms with Crippen LogP contribution in [0, 0.1) is 0 Å². The molecule has 2 aromatic carbocycles. The van der Waals surface area contributed by atoms with Crippen molar-refractivity contribution in [2.45, 2.75) is 23.4 Å². The number of amides is 1. The van der Waals surface area contributed by atoms with Crippen molar-refractivity contribution >= 4 is 57.1 Å². The van der Waals surface area contributed by atoms with E-state index in [9.17, 15) is 4.79 Å². The molecule has 2 aliphatic heterocycles. The van der Waals surface area contributed by atoms with Crippen LogP contribution in [0.25, 0.3) is 11.1 Å². The van der Waals surface area contributed by atoms with E-state index in [1.54, 1.807) is 28.6 Å². The van der Waals surface area contributed by atoms with Crippen LogP contribution in [0.5, 0.6) is 0 Å². The molecule has 164 valence electrons. The lowest BCUT2D eigenvalue weighted by atomic mass is 9.91. The van der Waals surface area contributed by atoms with Gasteiger partial charge in [0.25, 0.3) is 5.91 Å². The lowest BCUT2D eigenvalue weighted by Crippen LogP contribution is -2.56. The van der Waals surface area contributed by atoms with Gasteiger partial charge in [-0.05, 0) is 59.0 Å². The molecule has 0 atom stereocenters. The second-order valence-corrected chi connectivity index (χ2v) is 10.9. The van der Waals surface area contributed by atoms with Crippen molar-refractivity contribution in [3.63, 3.8) is 0 Å². The summed E-state index contributed by atoms with van der Waals surface area (Å²) in [5, 5.41) is 2.74. The van der Waals surface area contributed by atoms with Crippen LogP contribution in [-0.4, -0.2) is 53.2 Å². The first-order valence-corrected chi connectivity index (χ1v) is 13.3. The van der Waals surface area contributed by atoms with Crippen molar-refractivity contribution in [1.82, 2.24) is 9.21 Å². The summed E-state index contributed by atoms with van der Waals surface area (Å²) in [6.45, 7) is 2.16. The fourth-order valence-corrected chi connectivity index (χ4v) is 5.99. The first-order chi connectivity index (χ1) is 14.9. The third-order valence-electron chi connectivity index (χ3n) is 5.59. The van der Waals surface area contributed by atoms with E-state index in [1.807, 2.05) is 42.0 Å². The lowest BCUT2D eigenvalue weighted by molar-refractivity contribution is -0.148. The highest BCUT2D eigenvalue weighted by Crippen LogP contribution is 2.41. The minimum Gasteiger partial charge on any atom is -0.332 e. The van der Waals surface area contributed by atoms with Gasteiger partial charge in [0.2, 0.25) is 0 Å². The largest absolute Gasteiger partial charge is 0.332 e. The number of nitrogens with zero attached hydrogens (tertiary/aromatic N) is 2. The zero-order chi connectivity index (χ0) is 22.0. The molecule has 0 spiro atoms. The van der Waals surface area contributed by atoms with Gasteiger partial charge in [-0.25, -0.2) is 8.70 Å². The summed E-state index contributed by atoms with van der Waals surface area (Å²) in [4.78, 5) is 15.4. The van der Waals surface area contributed by atoms with Crippen molar-refractivity contribution in [2.24, 2.45) is 0 Å². The van der Waals surface area contributed by atoms with Gasteiger partial charge >= 0.3 is 0 Å². The second-order valence-electron chi connectivity index (χ2n) is 7.78. The quantitative estimate of drug-likeness (QED) is 0.395. The molecule has 2 aliphatic rings. The number of thioether (sulfide) groups is 1. The van der Waals surface area contributed by atoms with Crippen molar-refractivity contribution < 1.29 is 9.18 Å². The molecule has 0 radical (unpaired) electrons.